The fourth-order valence-corrected chi connectivity index (χ4v) is 2.52. The molecule has 0 radical (unpaired) electrons. The SMILES string of the molecule is NCc1c(Br)cccc1N1CCC(O)C1. The molecule has 0 bridgehead atoms. The van der Waals surface area contributed by atoms with Gasteiger partial charge in [0.15, 0.2) is 0 Å². The van der Waals surface area contributed by atoms with Gasteiger partial charge in [0.1, 0.15) is 0 Å². The van der Waals surface area contributed by atoms with Crippen LogP contribution in [0.2, 0.25) is 0 Å². The van der Waals surface area contributed by atoms with E-state index in [1.165, 1.54) is 0 Å². The summed E-state index contributed by atoms with van der Waals surface area (Å²) in [7, 11) is 0. The second-order valence-electron chi connectivity index (χ2n) is 3.83. The lowest BCUT2D eigenvalue weighted by Gasteiger charge is -2.21. The zero-order chi connectivity index (χ0) is 10.8. The Morgan fingerprint density at radius 2 is 2.33 bits per heavy atom. The maximum Gasteiger partial charge on any atom is 0.0731 e. The average molecular weight is 271 g/mol. The lowest BCUT2D eigenvalue weighted by atomic mass is 10.1. The van der Waals surface area contributed by atoms with Gasteiger partial charge in [-0.05, 0) is 18.6 Å². The number of rotatable bonds is 2. The number of nitrogens with two attached hydrogens (primary N) is 1. The van der Waals surface area contributed by atoms with Crippen molar-refractivity contribution in [1.29, 1.82) is 0 Å². The van der Waals surface area contributed by atoms with E-state index in [9.17, 15) is 5.11 Å². The van der Waals surface area contributed by atoms with E-state index >= 15 is 0 Å². The molecule has 1 unspecified atom stereocenters. The summed E-state index contributed by atoms with van der Waals surface area (Å²) < 4.78 is 1.05. The summed E-state index contributed by atoms with van der Waals surface area (Å²) in [5.74, 6) is 0. The number of hydrogen-bond donors (Lipinski definition) is 2. The maximum absolute atomic E-state index is 9.51. The Hall–Kier alpha value is -0.580. The molecule has 0 amide bonds. The lowest BCUT2D eigenvalue weighted by Crippen LogP contribution is -2.23. The third-order valence-electron chi connectivity index (χ3n) is 2.80. The molecule has 1 aromatic rings. The second kappa shape index (κ2) is 4.51. The molecule has 0 aliphatic carbocycles. The number of benzene rings is 1. The first-order valence-corrected chi connectivity index (χ1v) is 5.92. The summed E-state index contributed by atoms with van der Waals surface area (Å²) in [5.41, 5.74) is 7.99. The summed E-state index contributed by atoms with van der Waals surface area (Å²) in [6.07, 6.45) is 0.644. The first-order valence-electron chi connectivity index (χ1n) is 5.13. The molecule has 1 atom stereocenters. The molecule has 1 saturated heterocycles. The van der Waals surface area contributed by atoms with E-state index in [2.05, 4.69) is 26.9 Å². The van der Waals surface area contributed by atoms with Crippen molar-refractivity contribution >= 4 is 21.6 Å². The van der Waals surface area contributed by atoms with Crippen LogP contribution in [0, 0.1) is 0 Å². The van der Waals surface area contributed by atoms with Gasteiger partial charge in [-0.25, -0.2) is 0 Å². The van der Waals surface area contributed by atoms with E-state index < -0.39 is 0 Å². The Bertz CT molecular complexity index is 356. The Labute approximate surface area is 98.0 Å². The Balaban J connectivity index is 2.31. The third kappa shape index (κ3) is 2.17. The molecule has 1 aliphatic rings. The van der Waals surface area contributed by atoms with E-state index in [4.69, 9.17) is 5.73 Å². The van der Waals surface area contributed by atoms with Crippen LogP contribution in [0.5, 0.6) is 0 Å². The van der Waals surface area contributed by atoms with Crippen molar-refractivity contribution in [3.05, 3.63) is 28.2 Å². The molecule has 4 heteroatoms. The molecule has 0 saturated carbocycles. The molecule has 1 heterocycles. The molecule has 0 aromatic heterocycles. The average Bonchev–Trinajstić information content (AvgIpc) is 2.64. The van der Waals surface area contributed by atoms with Crippen molar-refractivity contribution < 1.29 is 5.11 Å². The summed E-state index contributed by atoms with van der Waals surface area (Å²) in [6.45, 7) is 2.14. The van der Waals surface area contributed by atoms with Crippen LogP contribution in [-0.4, -0.2) is 24.3 Å². The van der Waals surface area contributed by atoms with Crippen molar-refractivity contribution in [3.63, 3.8) is 0 Å². The van der Waals surface area contributed by atoms with Crippen molar-refractivity contribution in [2.45, 2.75) is 19.1 Å². The van der Waals surface area contributed by atoms with E-state index in [0.717, 1.165) is 28.7 Å². The molecule has 0 spiro atoms. The molecule has 3 N–H and O–H groups in total. The van der Waals surface area contributed by atoms with Crippen molar-refractivity contribution in [2.24, 2.45) is 5.73 Å². The van der Waals surface area contributed by atoms with Gasteiger partial charge in [-0.3, -0.25) is 0 Å². The monoisotopic (exact) mass is 270 g/mol. The van der Waals surface area contributed by atoms with Crippen molar-refractivity contribution in [1.82, 2.24) is 0 Å². The van der Waals surface area contributed by atoms with Crippen LogP contribution in [0.1, 0.15) is 12.0 Å². The highest BCUT2D eigenvalue weighted by Crippen LogP contribution is 2.29. The van der Waals surface area contributed by atoms with Crippen molar-refractivity contribution in [3.8, 4) is 0 Å². The van der Waals surface area contributed by atoms with Gasteiger partial charge in [-0.1, -0.05) is 22.0 Å². The zero-order valence-corrected chi connectivity index (χ0v) is 10.1. The highest BCUT2D eigenvalue weighted by atomic mass is 79.9. The molecule has 1 fully saturated rings. The Morgan fingerprint density at radius 3 is 2.93 bits per heavy atom. The molecule has 82 valence electrons. The van der Waals surface area contributed by atoms with Gasteiger partial charge >= 0.3 is 0 Å². The molecule has 15 heavy (non-hydrogen) atoms. The third-order valence-corrected chi connectivity index (χ3v) is 3.55. The molecule has 1 aliphatic heterocycles. The summed E-state index contributed by atoms with van der Waals surface area (Å²) in [5, 5.41) is 9.51. The van der Waals surface area contributed by atoms with Crippen LogP contribution < -0.4 is 10.6 Å². The van der Waals surface area contributed by atoms with Crippen LogP contribution in [0.25, 0.3) is 0 Å². The predicted octanol–water partition coefficient (Wildman–Crippen LogP) is 1.48. The summed E-state index contributed by atoms with van der Waals surface area (Å²) >= 11 is 3.50. The number of hydrogen-bond acceptors (Lipinski definition) is 3. The standard InChI is InChI=1S/C11H15BrN2O/c12-10-2-1-3-11(9(10)6-13)14-5-4-8(15)7-14/h1-3,8,15H,4-7,13H2. The number of aliphatic hydroxyl groups excluding tert-OH is 1. The Kier molecular flexibility index (Phi) is 3.29. The smallest absolute Gasteiger partial charge is 0.0731 e. The van der Waals surface area contributed by atoms with E-state index in [0.29, 0.717) is 13.1 Å². The van der Waals surface area contributed by atoms with Crippen LogP contribution in [0.4, 0.5) is 5.69 Å². The van der Waals surface area contributed by atoms with Crippen molar-refractivity contribution in [2.75, 3.05) is 18.0 Å². The number of nitrogens with zero attached hydrogens (tertiary/aromatic N) is 1. The van der Waals surface area contributed by atoms with E-state index in [1.807, 2.05) is 12.1 Å². The summed E-state index contributed by atoms with van der Waals surface area (Å²) in [6, 6.07) is 6.06. The van der Waals surface area contributed by atoms with Gasteiger partial charge in [-0.2, -0.15) is 0 Å². The molecule has 2 rings (SSSR count). The second-order valence-corrected chi connectivity index (χ2v) is 4.68. The fourth-order valence-electron chi connectivity index (χ4n) is 2.01. The van der Waals surface area contributed by atoms with Gasteiger partial charge in [0.25, 0.3) is 0 Å². The highest BCUT2D eigenvalue weighted by Gasteiger charge is 2.22. The highest BCUT2D eigenvalue weighted by molar-refractivity contribution is 9.10. The first kappa shape index (κ1) is 10.9. The van der Waals surface area contributed by atoms with Gasteiger partial charge in [0, 0.05) is 35.4 Å². The molecular formula is C11H15BrN2O. The quantitative estimate of drug-likeness (QED) is 0.856. The van der Waals surface area contributed by atoms with Gasteiger partial charge in [0.2, 0.25) is 0 Å². The number of halogens is 1. The van der Waals surface area contributed by atoms with Crippen LogP contribution in [0.15, 0.2) is 22.7 Å². The van der Waals surface area contributed by atoms with E-state index in [1.54, 1.807) is 0 Å². The molecule has 1 aromatic carbocycles. The molecular weight excluding hydrogens is 256 g/mol. The largest absolute Gasteiger partial charge is 0.391 e. The first-order chi connectivity index (χ1) is 7.22. The minimum absolute atomic E-state index is 0.199. The lowest BCUT2D eigenvalue weighted by molar-refractivity contribution is 0.198. The van der Waals surface area contributed by atoms with Gasteiger partial charge in [0.05, 0.1) is 6.10 Å². The number of aliphatic hydroxyl groups is 1. The van der Waals surface area contributed by atoms with E-state index in [-0.39, 0.29) is 6.10 Å². The fraction of sp³-hybridized carbons (Fsp3) is 0.455. The number of β-amino-alcohol motifs (C(OH)–C–C–N with tert-alkyl or cyclic N) is 1. The van der Waals surface area contributed by atoms with Crippen LogP contribution in [0.3, 0.4) is 0 Å². The Morgan fingerprint density at radius 1 is 1.53 bits per heavy atom. The summed E-state index contributed by atoms with van der Waals surface area (Å²) in [4.78, 5) is 2.19. The minimum Gasteiger partial charge on any atom is -0.391 e. The predicted molar refractivity (Wildman–Crippen MR) is 64.9 cm³/mol. The zero-order valence-electron chi connectivity index (χ0n) is 8.49. The number of anilines is 1. The normalized spacial score (nSPS) is 21.0. The molecule has 3 nitrogen and oxygen atoms in total. The van der Waals surface area contributed by atoms with Gasteiger partial charge < -0.3 is 15.7 Å². The minimum atomic E-state index is -0.199. The van der Waals surface area contributed by atoms with Crippen LogP contribution in [-0.2, 0) is 6.54 Å². The topological polar surface area (TPSA) is 49.5 Å². The van der Waals surface area contributed by atoms with Crippen LogP contribution >= 0.6 is 15.9 Å². The van der Waals surface area contributed by atoms with Gasteiger partial charge in [-0.15, -0.1) is 0 Å². The maximum atomic E-state index is 9.51.